The number of nitrogens with one attached hydrogen (secondary N) is 1. The predicted octanol–water partition coefficient (Wildman–Crippen LogP) is 3.58. The van der Waals surface area contributed by atoms with Crippen molar-refractivity contribution in [1.82, 2.24) is 15.1 Å². The van der Waals surface area contributed by atoms with Gasteiger partial charge in [0.2, 0.25) is 0 Å². The Hall–Kier alpha value is -1.80. The number of guanidine groups is 1. The summed E-state index contributed by atoms with van der Waals surface area (Å²) in [5, 5.41) is 3.45. The van der Waals surface area contributed by atoms with Gasteiger partial charge in [0.1, 0.15) is 5.75 Å². The molecule has 2 aromatic rings. The van der Waals surface area contributed by atoms with Gasteiger partial charge in [-0.2, -0.15) is 0 Å². The van der Waals surface area contributed by atoms with E-state index in [-0.39, 0.29) is 24.0 Å². The summed E-state index contributed by atoms with van der Waals surface area (Å²) in [6.07, 6.45) is 0. The number of hydrogen-bond acceptors (Lipinski definition) is 3. The van der Waals surface area contributed by atoms with Crippen LogP contribution in [0.2, 0.25) is 0 Å². The van der Waals surface area contributed by atoms with E-state index in [4.69, 9.17) is 4.74 Å². The lowest BCUT2D eigenvalue weighted by atomic mass is 10.1. The molecule has 6 heteroatoms. The molecule has 148 valence electrons. The maximum absolute atomic E-state index is 5.44. The lowest BCUT2D eigenvalue weighted by molar-refractivity contribution is 0.396. The largest absolute Gasteiger partial charge is 0.496 e. The van der Waals surface area contributed by atoms with Crippen LogP contribution in [0.1, 0.15) is 16.7 Å². The van der Waals surface area contributed by atoms with Crippen LogP contribution in [0.5, 0.6) is 5.75 Å². The van der Waals surface area contributed by atoms with Crippen LogP contribution in [-0.4, -0.2) is 51.1 Å². The number of rotatable bonds is 7. The zero-order valence-electron chi connectivity index (χ0n) is 16.9. The predicted molar refractivity (Wildman–Crippen MR) is 124 cm³/mol. The highest BCUT2D eigenvalue weighted by molar-refractivity contribution is 14.0. The first-order valence-corrected chi connectivity index (χ1v) is 8.79. The van der Waals surface area contributed by atoms with Crippen LogP contribution in [0.15, 0.2) is 53.5 Å². The van der Waals surface area contributed by atoms with Crippen molar-refractivity contribution in [3.05, 3.63) is 65.2 Å². The number of halogens is 1. The summed E-state index contributed by atoms with van der Waals surface area (Å²) >= 11 is 0. The molecule has 0 aliphatic carbocycles. The highest BCUT2D eigenvalue weighted by Gasteiger charge is 2.10. The van der Waals surface area contributed by atoms with Crippen molar-refractivity contribution in [3.63, 3.8) is 0 Å². The Morgan fingerprint density at radius 2 is 1.70 bits per heavy atom. The van der Waals surface area contributed by atoms with Crippen molar-refractivity contribution in [1.29, 1.82) is 0 Å². The van der Waals surface area contributed by atoms with E-state index in [0.29, 0.717) is 0 Å². The number of aliphatic imine (C=N–C) groups is 1. The van der Waals surface area contributed by atoms with Gasteiger partial charge in [0.15, 0.2) is 5.96 Å². The highest BCUT2D eigenvalue weighted by atomic mass is 127. The molecule has 0 saturated heterocycles. The molecule has 0 fully saturated rings. The Bertz CT molecular complexity index is 734. The minimum atomic E-state index is 0. The average molecular weight is 482 g/mol. The zero-order chi connectivity index (χ0) is 18.9. The average Bonchev–Trinajstić information content (AvgIpc) is 2.62. The van der Waals surface area contributed by atoms with Crippen LogP contribution in [0.3, 0.4) is 0 Å². The number of benzene rings is 2. The molecule has 2 rings (SSSR count). The Morgan fingerprint density at radius 3 is 2.37 bits per heavy atom. The summed E-state index contributed by atoms with van der Waals surface area (Å²) in [7, 11) is 9.71. The molecule has 0 aliphatic heterocycles. The van der Waals surface area contributed by atoms with Gasteiger partial charge < -0.3 is 19.9 Å². The summed E-state index contributed by atoms with van der Waals surface area (Å²) in [5.74, 6) is 1.75. The molecule has 0 amide bonds. The van der Waals surface area contributed by atoms with Gasteiger partial charge in [-0.25, -0.2) is 0 Å². The standard InChI is InChI=1S/C21H30N4O.HI/c1-22-21(25(4)16-19-11-6-7-12-20(19)26-5)23-14-17-9-8-10-18(13-17)15-24(2)3;/h6-13H,14-16H2,1-5H3,(H,22,23);1H. The lowest BCUT2D eigenvalue weighted by Gasteiger charge is -2.23. The molecule has 0 radical (unpaired) electrons. The highest BCUT2D eigenvalue weighted by Crippen LogP contribution is 2.18. The molecular weight excluding hydrogens is 451 g/mol. The van der Waals surface area contributed by atoms with E-state index in [2.05, 4.69) is 64.5 Å². The fourth-order valence-corrected chi connectivity index (χ4v) is 2.93. The second-order valence-corrected chi connectivity index (χ2v) is 6.63. The molecule has 0 spiro atoms. The third-order valence-corrected chi connectivity index (χ3v) is 4.11. The fraction of sp³-hybridized carbons (Fsp3) is 0.381. The normalized spacial score (nSPS) is 11.1. The van der Waals surface area contributed by atoms with Crippen LogP contribution >= 0.6 is 24.0 Å². The summed E-state index contributed by atoms with van der Waals surface area (Å²) in [6, 6.07) is 16.7. The lowest BCUT2D eigenvalue weighted by Crippen LogP contribution is -2.38. The maximum Gasteiger partial charge on any atom is 0.193 e. The molecule has 0 heterocycles. The van der Waals surface area contributed by atoms with Crippen LogP contribution < -0.4 is 10.1 Å². The Morgan fingerprint density at radius 1 is 1.00 bits per heavy atom. The molecule has 2 aromatic carbocycles. The first-order chi connectivity index (χ1) is 12.5. The monoisotopic (exact) mass is 482 g/mol. The summed E-state index contributed by atoms with van der Waals surface area (Å²) in [4.78, 5) is 8.68. The molecule has 0 atom stereocenters. The molecular formula is C21H31IN4O. The van der Waals surface area contributed by atoms with Crippen LogP contribution in [0, 0.1) is 0 Å². The number of hydrogen-bond donors (Lipinski definition) is 1. The molecule has 0 unspecified atom stereocenters. The fourth-order valence-electron chi connectivity index (χ4n) is 2.93. The Balaban J connectivity index is 0.00000364. The first kappa shape index (κ1) is 23.2. The number of para-hydroxylation sites is 1. The molecule has 0 saturated carbocycles. The van der Waals surface area contributed by atoms with Crippen molar-refractivity contribution in [3.8, 4) is 5.75 Å². The molecule has 0 aromatic heterocycles. The second kappa shape index (κ2) is 11.8. The summed E-state index contributed by atoms with van der Waals surface area (Å²) < 4.78 is 5.44. The molecule has 1 N–H and O–H groups in total. The zero-order valence-corrected chi connectivity index (χ0v) is 19.2. The van der Waals surface area contributed by atoms with Crippen LogP contribution in [-0.2, 0) is 19.6 Å². The van der Waals surface area contributed by atoms with Gasteiger partial charge in [-0.3, -0.25) is 4.99 Å². The Labute approximate surface area is 180 Å². The molecule has 0 bridgehead atoms. The van der Waals surface area contributed by atoms with Gasteiger partial charge >= 0.3 is 0 Å². The summed E-state index contributed by atoms with van der Waals surface area (Å²) in [5.41, 5.74) is 3.69. The van der Waals surface area contributed by atoms with E-state index in [0.717, 1.165) is 36.9 Å². The van der Waals surface area contributed by atoms with E-state index in [9.17, 15) is 0 Å². The second-order valence-electron chi connectivity index (χ2n) is 6.63. The van der Waals surface area contributed by atoms with Gasteiger partial charge in [-0.1, -0.05) is 42.5 Å². The van der Waals surface area contributed by atoms with Crippen molar-refractivity contribution < 1.29 is 4.74 Å². The van der Waals surface area contributed by atoms with Crippen LogP contribution in [0.4, 0.5) is 0 Å². The van der Waals surface area contributed by atoms with Crippen molar-refractivity contribution in [2.45, 2.75) is 19.6 Å². The van der Waals surface area contributed by atoms with Crippen molar-refractivity contribution in [2.75, 3.05) is 35.3 Å². The molecule has 27 heavy (non-hydrogen) atoms. The van der Waals surface area contributed by atoms with Gasteiger partial charge in [0, 0.05) is 39.3 Å². The minimum Gasteiger partial charge on any atom is -0.496 e. The van der Waals surface area contributed by atoms with E-state index in [1.807, 2.05) is 32.3 Å². The quantitative estimate of drug-likeness (QED) is 0.372. The maximum atomic E-state index is 5.44. The van der Waals surface area contributed by atoms with E-state index >= 15 is 0 Å². The number of ether oxygens (including phenoxy) is 1. The molecule has 5 nitrogen and oxygen atoms in total. The van der Waals surface area contributed by atoms with Crippen molar-refractivity contribution in [2.24, 2.45) is 4.99 Å². The third kappa shape index (κ3) is 7.38. The number of methoxy groups -OCH3 is 1. The van der Waals surface area contributed by atoms with E-state index < -0.39 is 0 Å². The minimum absolute atomic E-state index is 0. The first-order valence-electron chi connectivity index (χ1n) is 8.79. The van der Waals surface area contributed by atoms with Crippen molar-refractivity contribution >= 4 is 29.9 Å². The van der Waals surface area contributed by atoms with Gasteiger partial charge in [0.25, 0.3) is 0 Å². The summed E-state index contributed by atoms with van der Waals surface area (Å²) in [6.45, 7) is 2.41. The number of nitrogens with zero attached hydrogens (tertiary/aromatic N) is 3. The molecule has 0 aliphatic rings. The van der Waals surface area contributed by atoms with Gasteiger partial charge in [-0.05, 0) is 31.3 Å². The van der Waals surface area contributed by atoms with Gasteiger partial charge in [0.05, 0.1) is 7.11 Å². The third-order valence-electron chi connectivity index (χ3n) is 4.11. The Kier molecular flexibility index (Phi) is 10.2. The van der Waals surface area contributed by atoms with E-state index in [1.165, 1.54) is 11.1 Å². The smallest absolute Gasteiger partial charge is 0.193 e. The van der Waals surface area contributed by atoms with Crippen LogP contribution in [0.25, 0.3) is 0 Å². The van der Waals surface area contributed by atoms with Gasteiger partial charge in [-0.15, -0.1) is 24.0 Å². The topological polar surface area (TPSA) is 40.1 Å². The SMILES string of the molecule is CN=C(NCc1cccc(CN(C)C)c1)N(C)Cc1ccccc1OC.I. The van der Waals surface area contributed by atoms with E-state index in [1.54, 1.807) is 7.11 Å².